The molecule has 1 N–H and O–H groups in total. The average molecular weight is 461 g/mol. The number of thioether (sulfide) groups is 1. The molecule has 0 aliphatic carbocycles. The fraction of sp³-hybridized carbons (Fsp3) is 0.167. The Morgan fingerprint density at radius 1 is 1.00 bits per heavy atom. The highest BCUT2D eigenvalue weighted by Crippen LogP contribution is 2.27. The maximum Gasteiger partial charge on any atom is 0.262 e. The average Bonchev–Trinajstić information content (AvgIpc) is 3.09. The van der Waals surface area contributed by atoms with Crippen LogP contribution in [0.4, 0.5) is 0 Å². The van der Waals surface area contributed by atoms with Gasteiger partial charge in [0.1, 0.15) is 10.7 Å². The van der Waals surface area contributed by atoms with Gasteiger partial charge in [-0.25, -0.2) is 9.97 Å². The van der Waals surface area contributed by atoms with Crippen molar-refractivity contribution in [2.45, 2.75) is 31.3 Å². The van der Waals surface area contributed by atoms with Gasteiger partial charge in [-0.15, -0.1) is 11.3 Å². The van der Waals surface area contributed by atoms with E-state index in [0.717, 1.165) is 20.8 Å². The lowest BCUT2D eigenvalue weighted by atomic mass is 10.2. The first-order valence-electron chi connectivity index (χ1n) is 10.2. The van der Waals surface area contributed by atoms with Gasteiger partial charge in [-0.3, -0.25) is 14.2 Å². The molecule has 0 amide bonds. The second-order valence-corrected chi connectivity index (χ2v) is 9.70. The Bertz CT molecular complexity index is 1570. The van der Waals surface area contributed by atoms with Gasteiger partial charge < -0.3 is 4.98 Å². The van der Waals surface area contributed by atoms with Gasteiger partial charge in [-0.2, -0.15) is 0 Å². The number of nitrogens with one attached hydrogen (secondary N) is 1. The fourth-order valence-corrected chi connectivity index (χ4v) is 5.58. The summed E-state index contributed by atoms with van der Waals surface area (Å²) in [6, 6.07) is 17.2. The van der Waals surface area contributed by atoms with Gasteiger partial charge in [0.15, 0.2) is 5.16 Å². The van der Waals surface area contributed by atoms with E-state index in [9.17, 15) is 9.59 Å². The van der Waals surface area contributed by atoms with E-state index in [0.29, 0.717) is 39.6 Å². The summed E-state index contributed by atoms with van der Waals surface area (Å²) >= 11 is 2.93. The van der Waals surface area contributed by atoms with Crippen LogP contribution in [0.3, 0.4) is 0 Å². The Balaban J connectivity index is 1.55. The Morgan fingerprint density at radius 2 is 1.75 bits per heavy atom. The maximum absolute atomic E-state index is 13.3. The van der Waals surface area contributed by atoms with Crippen LogP contribution in [0.2, 0.25) is 0 Å². The molecule has 8 heteroatoms. The molecule has 0 atom stereocenters. The van der Waals surface area contributed by atoms with Crippen molar-refractivity contribution >= 4 is 44.2 Å². The number of aryl methyl sites for hydroxylation is 2. The lowest BCUT2D eigenvalue weighted by molar-refractivity contribution is 0.658. The molecule has 0 radical (unpaired) electrons. The third-order valence-electron chi connectivity index (χ3n) is 5.44. The van der Waals surface area contributed by atoms with E-state index < -0.39 is 0 Å². The molecule has 3 aromatic heterocycles. The van der Waals surface area contributed by atoms with Crippen LogP contribution < -0.4 is 11.1 Å². The quantitative estimate of drug-likeness (QED) is 0.305. The SMILES string of the molecule is Cc1sc2nc(CSc3nc4ccccc4c(=O)n3Cc3ccccc3)[nH]c(=O)c2c1C. The van der Waals surface area contributed by atoms with Gasteiger partial charge in [0.05, 0.1) is 28.6 Å². The number of benzene rings is 2. The highest BCUT2D eigenvalue weighted by molar-refractivity contribution is 7.98. The number of aromatic amines is 1. The second kappa shape index (κ2) is 8.37. The molecular weight excluding hydrogens is 440 g/mol. The van der Waals surface area contributed by atoms with Crippen molar-refractivity contribution in [1.29, 1.82) is 0 Å². The molecule has 3 heterocycles. The number of hydrogen-bond acceptors (Lipinski definition) is 6. The molecule has 0 fully saturated rings. The van der Waals surface area contributed by atoms with E-state index in [2.05, 4.69) is 9.97 Å². The molecule has 2 aromatic carbocycles. The topological polar surface area (TPSA) is 80.6 Å². The lowest BCUT2D eigenvalue weighted by Crippen LogP contribution is -2.24. The normalized spacial score (nSPS) is 11.4. The van der Waals surface area contributed by atoms with Gasteiger partial charge >= 0.3 is 0 Å². The first kappa shape index (κ1) is 20.7. The van der Waals surface area contributed by atoms with Crippen LogP contribution in [0.5, 0.6) is 0 Å². The number of H-pyrrole nitrogens is 1. The van der Waals surface area contributed by atoms with Crippen molar-refractivity contribution in [2.24, 2.45) is 0 Å². The van der Waals surface area contributed by atoms with Crippen LogP contribution in [-0.4, -0.2) is 19.5 Å². The molecule has 32 heavy (non-hydrogen) atoms. The van der Waals surface area contributed by atoms with Gasteiger partial charge in [0.25, 0.3) is 11.1 Å². The van der Waals surface area contributed by atoms with E-state index in [4.69, 9.17) is 4.98 Å². The lowest BCUT2D eigenvalue weighted by Gasteiger charge is -2.13. The monoisotopic (exact) mass is 460 g/mol. The Hall–Kier alpha value is -3.23. The first-order chi connectivity index (χ1) is 15.5. The summed E-state index contributed by atoms with van der Waals surface area (Å²) in [4.78, 5) is 40.0. The fourth-order valence-electron chi connectivity index (χ4n) is 3.66. The van der Waals surface area contributed by atoms with Crippen LogP contribution >= 0.6 is 23.1 Å². The summed E-state index contributed by atoms with van der Waals surface area (Å²) in [5, 5.41) is 1.84. The van der Waals surface area contributed by atoms with Crippen LogP contribution in [0.1, 0.15) is 21.8 Å². The van der Waals surface area contributed by atoms with E-state index in [1.165, 1.54) is 23.1 Å². The highest BCUT2D eigenvalue weighted by atomic mass is 32.2. The van der Waals surface area contributed by atoms with E-state index >= 15 is 0 Å². The molecular formula is C24H20N4O2S2. The minimum absolute atomic E-state index is 0.0802. The predicted molar refractivity (Wildman–Crippen MR) is 131 cm³/mol. The van der Waals surface area contributed by atoms with Gasteiger partial charge in [0, 0.05) is 4.88 Å². The smallest absolute Gasteiger partial charge is 0.262 e. The number of thiophene rings is 1. The third-order valence-corrected chi connectivity index (χ3v) is 7.53. The zero-order valence-electron chi connectivity index (χ0n) is 17.6. The van der Waals surface area contributed by atoms with Crippen molar-refractivity contribution in [3.63, 3.8) is 0 Å². The minimum atomic E-state index is -0.124. The molecule has 0 saturated carbocycles. The summed E-state index contributed by atoms with van der Waals surface area (Å²) in [5.41, 5.74) is 2.45. The molecule has 0 unspecified atom stereocenters. The molecule has 0 spiro atoms. The summed E-state index contributed by atoms with van der Waals surface area (Å²) in [7, 11) is 0. The Morgan fingerprint density at radius 3 is 2.56 bits per heavy atom. The minimum Gasteiger partial charge on any atom is -0.309 e. The Kier molecular flexibility index (Phi) is 5.40. The van der Waals surface area contributed by atoms with Crippen molar-refractivity contribution in [2.75, 3.05) is 0 Å². The molecule has 6 nitrogen and oxygen atoms in total. The zero-order valence-corrected chi connectivity index (χ0v) is 19.2. The second-order valence-electron chi connectivity index (χ2n) is 7.55. The van der Waals surface area contributed by atoms with Gasteiger partial charge in [0.2, 0.25) is 0 Å². The van der Waals surface area contributed by atoms with Crippen LogP contribution in [-0.2, 0) is 12.3 Å². The molecule has 0 aliphatic heterocycles. The van der Waals surface area contributed by atoms with Crippen molar-refractivity contribution < 1.29 is 0 Å². The molecule has 5 rings (SSSR count). The maximum atomic E-state index is 13.3. The summed E-state index contributed by atoms with van der Waals surface area (Å²) < 4.78 is 1.69. The summed E-state index contributed by atoms with van der Waals surface area (Å²) in [5.74, 6) is 0.975. The standard InChI is InChI=1S/C24H20N4O2S2/c1-14-15(2)32-22-20(14)21(29)26-19(27-22)13-31-24-25-18-11-7-6-10-17(18)23(30)28(24)12-16-8-4-3-5-9-16/h3-11H,12-13H2,1-2H3,(H,26,27,29). The largest absolute Gasteiger partial charge is 0.309 e. The third kappa shape index (κ3) is 3.76. The van der Waals surface area contributed by atoms with E-state index in [-0.39, 0.29) is 11.1 Å². The van der Waals surface area contributed by atoms with E-state index in [1.54, 1.807) is 10.6 Å². The van der Waals surface area contributed by atoms with Crippen molar-refractivity contribution in [3.8, 4) is 0 Å². The van der Waals surface area contributed by atoms with Gasteiger partial charge in [-0.05, 0) is 37.1 Å². The number of para-hydroxylation sites is 1. The number of hydrogen-bond donors (Lipinski definition) is 1. The molecule has 5 aromatic rings. The van der Waals surface area contributed by atoms with E-state index in [1.807, 2.05) is 62.4 Å². The van der Waals surface area contributed by atoms with Crippen LogP contribution in [0, 0.1) is 13.8 Å². The van der Waals surface area contributed by atoms with Crippen LogP contribution in [0.25, 0.3) is 21.1 Å². The summed E-state index contributed by atoms with van der Waals surface area (Å²) in [6.07, 6.45) is 0. The molecule has 0 bridgehead atoms. The first-order valence-corrected chi connectivity index (χ1v) is 12.0. The number of fused-ring (bicyclic) bond motifs is 2. The Labute approximate surface area is 192 Å². The highest BCUT2D eigenvalue weighted by Gasteiger charge is 2.15. The predicted octanol–water partition coefficient (Wildman–Crippen LogP) is 4.65. The number of aromatic nitrogens is 4. The van der Waals surface area contributed by atoms with Crippen LogP contribution in [0.15, 0.2) is 69.3 Å². The van der Waals surface area contributed by atoms with Gasteiger partial charge in [-0.1, -0.05) is 54.2 Å². The summed E-state index contributed by atoms with van der Waals surface area (Å²) in [6.45, 7) is 4.36. The van der Waals surface area contributed by atoms with Crippen molar-refractivity contribution in [3.05, 3.63) is 97.1 Å². The van der Waals surface area contributed by atoms with Crippen molar-refractivity contribution in [1.82, 2.24) is 19.5 Å². The molecule has 0 saturated heterocycles. The molecule has 0 aliphatic rings. The number of rotatable bonds is 5. The molecule has 160 valence electrons. The number of nitrogens with zero attached hydrogens (tertiary/aromatic N) is 3. The zero-order chi connectivity index (χ0) is 22.2.